The smallest absolute Gasteiger partial charge is 0.309 e. The third kappa shape index (κ3) is 2.88. The molecule has 0 aliphatic rings. The lowest BCUT2D eigenvalue weighted by Gasteiger charge is -2.11. The molecular formula is C14H15NO4. The molecule has 0 unspecified atom stereocenters. The number of nitrogens with zero attached hydrogens (tertiary/aromatic N) is 1. The Kier molecular flexibility index (Phi) is 3.75. The number of aromatic nitrogens is 1. The minimum absolute atomic E-state index is 0.0352. The topological polar surface area (TPSA) is 60.7 Å². The largest absolute Gasteiger partial charge is 0.497 e. The molecule has 0 spiro atoms. The average molecular weight is 261 g/mol. The Labute approximate surface area is 111 Å². The van der Waals surface area contributed by atoms with Gasteiger partial charge in [-0.2, -0.15) is 0 Å². The number of carboxylic acids is 1. The molecule has 1 heterocycles. The van der Waals surface area contributed by atoms with Crippen LogP contribution in [0, 0.1) is 0 Å². The zero-order valence-corrected chi connectivity index (χ0v) is 10.8. The summed E-state index contributed by atoms with van der Waals surface area (Å²) in [6.07, 6.45) is 1.78. The Morgan fingerprint density at radius 3 is 2.37 bits per heavy atom. The molecule has 19 heavy (non-hydrogen) atoms. The number of aliphatic carboxylic acids is 1. The molecule has 0 saturated carbocycles. The fraction of sp³-hybridized carbons (Fsp3) is 0.214. The Morgan fingerprint density at radius 2 is 1.84 bits per heavy atom. The second-order valence-corrected chi connectivity index (χ2v) is 4.01. The molecule has 5 heteroatoms. The zero-order chi connectivity index (χ0) is 13.8. The Balaban J connectivity index is 2.46. The highest BCUT2D eigenvalue weighted by Gasteiger charge is 2.09. The SMILES string of the molecule is COc1cc(OC)cc(-n2cccc2CC(=O)O)c1. The van der Waals surface area contributed by atoms with Gasteiger partial charge in [0.1, 0.15) is 11.5 Å². The molecule has 0 fully saturated rings. The summed E-state index contributed by atoms with van der Waals surface area (Å²) in [5, 5.41) is 8.90. The summed E-state index contributed by atoms with van der Waals surface area (Å²) in [4.78, 5) is 10.8. The molecule has 0 radical (unpaired) electrons. The fourth-order valence-corrected chi connectivity index (χ4v) is 1.90. The van der Waals surface area contributed by atoms with Gasteiger partial charge in [-0.05, 0) is 12.1 Å². The van der Waals surface area contributed by atoms with Crippen LogP contribution in [0.5, 0.6) is 11.5 Å². The van der Waals surface area contributed by atoms with E-state index >= 15 is 0 Å². The lowest BCUT2D eigenvalue weighted by atomic mass is 10.2. The molecule has 0 amide bonds. The van der Waals surface area contributed by atoms with Gasteiger partial charge in [0.25, 0.3) is 0 Å². The van der Waals surface area contributed by atoms with Gasteiger partial charge >= 0.3 is 5.97 Å². The first-order chi connectivity index (χ1) is 9.13. The third-order valence-electron chi connectivity index (χ3n) is 2.78. The van der Waals surface area contributed by atoms with Crippen molar-refractivity contribution in [1.29, 1.82) is 0 Å². The molecule has 0 aliphatic heterocycles. The molecule has 0 bridgehead atoms. The van der Waals surface area contributed by atoms with Crippen LogP contribution in [0.2, 0.25) is 0 Å². The minimum Gasteiger partial charge on any atom is -0.497 e. The summed E-state index contributed by atoms with van der Waals surface area (Å²) >= 11 is 0. The first-order valence-corrected chi connectivity index (χ1v) is 5.75. The molecule has 100 valence electrons. The van der Waals surface area contributed by atoms with Gasteiger partial charge in [0, 0.05) is 30.1 Å². The van der Waals surface area contributed by atoms with Crippen LogP contribution in [-0.4, -0.2) is 29.9 Å². The van der Waals surface area contributed by atoms with Gasteiger partial charge in [-0.25, -0.2) is 0 Å². The molecule has 0 atom stereocenters. The van der Waals surface area contributed by atoms with E-state index in [4.69, 9.17) is 14.6 Å². The summed E-state index contributed by atoms with van der Waals surface area (Å²) in [5.41, 5.74) is 1.50. The average Bonchev–Trinajstić information content (AvgIpc) is 2.85. The van der Waals surface area contributed by atoms with Crippen LogP contribution in [-0.2, 0) is 11.2 Å². The van der Waals surface area contributed by atoms with E-state index in [0.717, 1.165) is 5.69 Å². The number of ether oxygens (including phenoxy) is 2. The van der Waals surface area contributed by atoms with Gasteiger partial charge in [-0.3, -0.25) is 4.79 Å². The van der Waals surface area contributed by atoms with Crippen LogP contribution in [0.4, 0.5) is 0 Å². The number of benzene rings is 1. The highest BCUT2D eigenvalue weighted by atomic mass is 16.5. The molecule has 0 aliphatic carbocycles. The van der Waals surface area contributed by atoms with Crippen molar-refractivity contribution in [2.24, 2.45) is 0 Å². The van der Waals surface area contributed by atoms with Crippen LogP contribution < -0.4 is 9.47 Å². The molecule has 2 rings (SSSR count). The van der Waals surface area contributed by atoms with Crippen LogP contribution in [0.25, 0.3) is 5.69 Å². The predicted octanol–water partition coefficient (Wildman–Crippen LogP) is 2.12. The maximum atomic E-state index is 10.8. The number of methoxy groups -OCH3 is 2. The standard InChI is InChI=1S/C14H15NO4/c1-18-12-6-11(7-13(9-12)19-2)15-5-3-4-10(15)8-14(16)17/h3-7,9H,8H2,1-2H3,(H,16,17). The Bertz CT molecular complexity index is 567. The Hall–Kier alpha value is -2.43. The van der Waals surface area contributed by atoms with E-state index in [1.807, 2.05) is 24.4 Å². The Morgan fingerprint density at radius 1 is 1.21 bits per heavy atom. The number of carboxylic acid groups (broad SMARTS) is 1. The minimum atomic E-state index is -0.866. The van der Waals surface area contributed by atoms with Crippen molar-refractivity contribution in [3.05, 3.63) is 42.2 Å². The first kappa shape index (κ1) is 13.0. The van der Waals surface area contributed by atoms with Crippen molar-refractivity contribution in [2.75, 3.05) is 14.2 Å². The molecule has 1 N–H and O–H groups in total. The highest BCUT2D eigenvalue weighted by Crippen LogP contribution is 2.26. The highest BCUT2D eigenvalue weighted by molar-refractivity contribution is 5.70. The van der Waals surface area contributed by atoms with E-state index < -0.39 is 5.97 Å². The van der Waals surface area contributed by atoms with Gasteiger partial charge in [0.15, 0.2) is 0 Å². The van der Waals surface area contributed by atoms with E-state index in [1.165, 1.54) is 0 Å². The van der Waals surface area contributed by atoms with Crippen LogP contribution in [0.3, 0.4) is 0 Å². The second-order valence-electron chi connectivity index (χ2n) is 4.01. The van der Waals surface area contributed by atoms with Crippen LogP contribution in [0.15, 0.2) is 36.5 Å². The van der Waals surface area contributed by atoms with Crippen molar-refractivity contribution in [2.45, 2.75) is 6.42 Å². The maximum absolute atomic E-state index is 10.8. The lowest BCUT2D eigenvalue weighted by molar-refractivity contribution is -0.136. The van der Waals surface area contributed by atoms with E-state index in [9.17, 15) is 4.79 Å². The van der Waals surface area contributed by atoms with Gasteiger partial charge in [0.05, 0.1) is 26.3 Å². The van der Waals surface area contributed by atoms with Crippen LogP contribution in [0.1, 0.15) is 5.69 Å². The quantitative estimate of drug-likeness (QED) is 0.895. The van der Waals surface area contributed by atoms with Crippen molar-refractivity contribution >= 4 is 5.97 Å². The summed E-state index contributed by atoms with van der Waals surface area (Å²) < 4.78 is 12.2. The van der Waals surface area contributed by atoms with E-state index in [-0.39, 0.29) is 6.42 Å². The maximum Gasteiger partial charge on any atom is 0.309 e. The van der Waals surface area contributed by atoms with Gasteiger partial charge in [-0.15, -0.1) is 0 Å². The number of hydrogen-bond acceptors (Lipinski definition) is 3. The monoisotopic (exact) mass is 261 g/mol. The fourth-order valence-electron chi connectivity index (χ4n) is 1.90. The van der Waals surface area contributed by atoms with Crippen LogP contribution >= 0.6 is 0 Å². The van der Waals surface area contributed by atoms with Gasteiger partial charge in [0.2, 0.25) is 0 Å². The van der Waals surface area contributed by atoms with Gasteiger partial charge < -0.3 is 19.1 Å². The van der Waals surface area contributed by atoms with Gasteiger partial charge in [-0.1, -0.05) is 0 Å². The summed E-state index contributed by atoms with van der Waals surface area (Å²) in [6.45, 7) is 0. The van der Waals surface area contributed by atoms with Crippen molar-refractivity contribution in [3.8, 4) is 17.2 Å². The molecule has 1 aromatic carbocycles. The normalized spacial score (nSPS) is 10.2. The summed E-state index contributed by atoms with van der Waals surface area (Å²) in [7, 11) is 3.15. The lowest BCUT2D eigenvalue weighted by Crippen LogP contribution is -2.06. The zero-order valence-electron chi connectivity index (χ0n) is 10.8. The predicted molar refractivity (Wildman–Crippen MR) is 70.2 cm³/mol. The molecule has 0 saturated heterocycles. The number of rotatable bonds is 5. The number of carbonyl (C=O) groups is 1. The summed E-state index contributed by atoms with van der Waals surface area (Å²) in [6, 6.07) is 9.01. The van der Waals surface area contributed by atoms with E-state index in [0.29, 0.717) is 17.2 Å². The van der Waals surface area contributed by atoms with E-state index in [2.05, 4.69) is 0 Å². The number of hydrogen-bond donors (Lipinski definition) is 1. The van der Waals surface area contributed by atoms with Crippen molar-refractivity contribution in [3.63, 3.8) is 0 Å². The van der Waals surface area contributed by atoms with Crippen molar-refractivity contribution < 1.29 is 19.4 Å². The van der Waals surface area contributed by atoms with E-state index in [1.54, 1.807) is 30.9 Å². The molecule has 1 aromatic heterocycles. The second kappa shape index (κ2) is 5.48. The molecular weight excluding hydrogens is 246 g/mol. The molecule has 2 aromatic rings. The summed E-state index contributed by atoms with van der Waals surface area (Å²) in [5.74, 6) is 0.448. The van der Waals surface area contributed by atoms with Crippen molar-refractivity contribution in [1.82, 2.24) is 4.57 Å². The third-order valence-corrected chi connectivity index (χ3v) is 2.78. The first-order valence-electron chi connectivity index (χ1n) is 5.75. The molecule has 5 nitrogen and oxygen atoms in total.